The van der Waals surface area contributed by atoms with Crippen molar-refractivity contribution in [3.05, 3.63) is 170 Å². The Balaban J connectivity index is 0.842. The smallest absolute Gasteiger partial charge is 0.317 e. The van der Waals surface area contributed by atoms with Crippen LogP contribution in [0.3, 0.4) is 0 Å². The van der Waals surface area contributed by atoms with Gasteiger partial charge < -0.3 is 24.1 Å². The van der Waals surface area contributed by atoms with Gasteiger partial charge in [0.15, 0.2) is 23.0 Å². The number of pyridine rings is 4. The molecule has 0 saturated carbocycles. The monoisotopic (exact) mass is 957 g/mol. The fourth-order valence-electron chi connectivity index (χ4n) is 9.97. The Morgan fingerprint density at radius 1 is 0.658 bits per heavy atom. The number of carbonyl (C=O) groups is 1. The molecule has 1 saturated heterocycles. The minimum Gasteiger partial charge on any atom is -0.472 e. The normalized spacial score (nSPS) is 13.0. The fraction of sp³-hybridized carbons (Fsp3) is 0.0893. The van der Waals surface area contributed by atoms with Crippen LogP contribution in [0.1, 0.15) is 28.8 Å². The topological polar surface area (TPSA) is 216 Å². The highest BCUT2D eigenvalue weighted by Crippen LogP contribution is 2.36. The lowest BCUT2D eigenvalue weighted by atomic mass is 10.1. The van der Waals surface area contributed by atoms with Gasteiger partial charge in [-0.15, -0.1) is 5.10 Å². The van der Waals surface area contributed by atoms with E-state index in [2.05, 4.69) is 52.5 Å². The summed E-state index contributed by atoms with van der Waals surface area (Å²) in [5.74, 6) is 1.44. The van der Waals surface area contributed by atoms with E-state index in [0.29, 0.717) is 51.5 Å². The van der Waals surface area contributed by atoms with Crippen LogP contribution in [0.2, 0.25) is 0 Å². The molecule has 17 nitrogen and oxygen atoms in total. The molecule has 0 spiro atoms. The number of fused-ring (bicyclic) bond motifs is 4. The van der Waals surface area contributed by atoms with Gasteiger partial charge in [-0.1, -0.05) is 47.6 Å². The van der Waals surface area contributed by atoms with Gasteiger partial charge in [0, 0.05) is 87.5 Å². The molecule has 13 aromatic rings. The number of amides is 1. The van der Waals surface area contributed by atoms with Crippen LogP contribution in [0.15, 0.2) is 168 Å². The maximum Gasteiger partial charge on any atom is 0.317 e. The molecule has 1 amide bonds. The SMILES string of the molecule is O=C(Nc1cncc(-c2cc3c(-c4nc5c(-c6ccoc6)cccc5[nH]4)n[nH]c3[n+](-c3cc(-c4cccc5[nH]c(-c6n[nH]c7ncc(-c8cncc(CN9CCCC9)c8)cc67)nc45)co3)c2)c1)c1ccccc1. The van der Waals surface area contributed by atoms with E-state index in [1.807, 2.05) is 108 Å². The van der Waals surface area contributed by atoms with Crippen molar-refractivity contribution in [3.8, 4) is 73.4 Å². The first-order valence-electron chi connectivity index (χ1n) is 23.9. The number of nitrogens with one attached hydrogen (secondary N) is 5. The molecule has 0 atom stereocenters. The molecule has 10 aromatic heterocycles. The number of imidazole rings is 2. The number of para-hydroxylation sites is 2. The quantitative estimate of drug-likeness (QED) is 0.0769. The Labute approximate surface area is 414 Å². The number of anilines is 1. The van der Waals surface area contributed by atoms with Crippen LogP contribution in [0.25, 0.3) is 118 Å². The van der Waals surface area contributed by atoms with E-state index in [4.69, 9.17) is 34.0 Å². The number of H-pyrrole nitrogens is 4. The average molecular weight is 958 g/mol. The van der Waals surface area contributed by atoms with E-state index in [0.717, 1.165) is 97.0 Å². The first-order chi connectivity index (χ1) is 36.0. The Morgan fingerprint density at radius 2 is 1.37 bits per heavy atom. The third kappa shape index (κ3) is 7.58. The summed E-state index contributed by atoms with van der Waals surface area (Å²) >= 11 is 0. The summed E-state index contributed by atoms with van der Waals surface area (Å²) in [6, 6.07) is 33.2. The van der Waals surface area contributed by atoms with Gasteiger partial charge in [0.25, 0.3) is 11.8 Å². The van der Waals surface area contributed by atoms with Crippen molar-refractivity contribution >= 4 is 55.7 Å². The molecule has 0 aliphatic carbocycles. The van der Waals surface area contributed by atoms with Gasteiger partial charge in [0.05, 0.1) is 51.9 Å². The molecule has 17 heteroatoms. The molecule has 11 heterocycles. The molecule has 1 aliphatic heterocycles. The Hall–Kier alpha value is -9.87. The van der Waals surface area contributed by atoms with E-state index in [1.165, 1.54) is 18.4 Å². The third-order valence-corrected chi connectivity index (χ3v) is 13.5. The van der Waals surface area contributed by atoms with E-state index < -0.39 is 0 Å². The largest absolute Gasteiger partial charge is 0.472 e. The predicted octanol–water partition coefficient (Wildman–Crippen LogP) is 10.7. The number of hydrogen-bond donors (Lipinski definition) is 5. The van der Waals surface area contributed by atoms with Crippen molar-refractivity contribution in [1.29, 1.82) is 0 Å². The Kier molecular flexibility index (Phi) is 9.92. The second-order valence-electron chi connectivity index (χ2n) is 18.2. The number of nitrogens with zero attached hydrogens (tertiary/aromatic N) is 9. The number of hydrogen-bond acceptors (Lipinski definition) is 11. The minimum absolute atomic E-state index is 0.240. The highest BCUT2D eigenvalue weighted by atomic mass is 16.3. The van der Waals surface area contributed by atoms with Crippen molar-refractivity contribution in [2.24, 2.45) is 0 Å². The van der Waals surface area contributed by atoms with Gasteiger partial charge in [-0.2, -0.15) is 9.67 Å². The molecule has 0 bridgehead atoms. The molecule has 5 N–H and O–H groups in total. The van der Waals surface area contributed by atoms with Crippen LogP contribution in [0, 0.1) is 0 Å². The van der Waals surface area contributed by atoms with Gasteiger partial charge in [0.2, 0.25) is 0 Å². The summed E-state index contributed by atoms with van der Waals surface area (Å²) in [5, 5.41) is 20.6. The van der Waals surface area contributed by atoms with E-state index >= 15 is 0 Å². The Bertz CT molecular complexity index is 4220. The van der Waals surface area contributed by atoms with Crippen molar-refractivity contribution in [1.82, 2.24) is 60.2 Å². The average Bonchev–Trinajstić information content (AvgIpc) is 4.29. The maximum atomic E-state index is 13.2. The summed E-state index contributed by atoms with van der Waals surface area (Å²) in [4.78, 5) is 46.9. The molecule has 14 rings (SSSR count). The van der Waals surface area contributed by atoms with Gasteiger partial charge in [-0.3, -0.25) is 24.8 Å². The first-order valence-corrected chi connectivity index (χ1v) is 23.9. The van der Waals surface area contributed by atoms with Gasteiger partial charge in [-0.25, -0.2) is 15.0 Å². The first kappa shape index (κ1) is 42.0. The molecular weight excluding hydrogens is 917 g/mol. The van der Waals surface area contributed by atoms with Crippen LogP contribution < -0.4 is 9.88 Å². The zero-order valence-corrected chi connectivity index (χ0v) is 38.8. The predicted molar refractivity (Wildman–Crippen MR) is 276 cm³/mol. The van der Waals surface area contributed by atoms with Crippen LogP contribution in [-0.4, -0.2) is 79.2 Å². The fourth-order valence-corrected chi connectivity index (χ4v) is 9.97. The molecule has 1 fully saturated rings. The summed E-state index contributed by atoms with van der Waals surface area (Å²) in [6.07, 6.45) is 18.6. The molecule has 3 aromatic carbocycles. The second-order valence-corrected chi connectivity index (χ2v) is 18.2. The molecular formula is C56H41N14O3+. The number of aromatic nitrogens is 12. The van der Waals surface area contributed by atoms with Gasteiger partial charge in [0.1, 0.15) is 23.5 Å². The van der Waals surface area contributed by atoms with Crippen LogP contribution in [-0.2, 0) is 6.54 Å². The van der Waals surface area contributed by atoms with Crippen molar-refractivity contribution in [2.75, 3.05) is 18.4 Å². The summed E-state index contributed by atoms with van der Waals surface area (Å²) in [5.41, 5.74) is 15.0. The van der Waals surface area contributed by atoms with Gasteiger partial charge >= 0.3 is 5.65 Å². The lowest BCUT2D eigenvalue weighted by molar-refractivity contribution is -0.582. The Morgan fingerprint density at radius 3 is 2.15 bits per heavy atom. The van der Waals surface area contributed by atoms with Crippen LogP contribution in [0.4, 0.5) is 5.69 Å². The number of rotatable bonds is 11. The van der Waals surface area contributed by atoms with Crippen molar-refractivity contribution in [2.45, 2.75) is 19.4 Å². The van der Waals surface area contributed by atoms with Crippen molar-refractivity contribution < 1.29 is 18.2 Å². The lowest BCUT2D eigenvalue weighted by Gasteiger charge is -2.14. The van der Waals surface area contributed by atoms with E-state index in [9.17, 15) is 4.79 Å². The minimum atomic E-state index is -0.240. The zero-order chi connectivity index (χ0) is 48.4. The molecule has 73 heavy (non-hydrogen) atoms. The summed E-state index contributed by atoms with van der Waals surface area (Å²) < 4.78 is 13.8. The maximum absolute atomic E-state index is 13.2. The highest BCUT2D eigenvalue weighted by molar-refractivity contribution is 6.04. The van der Waals surface area contributed by atoms with Crippen LogP contribution >= 0.6 is 0 Å². The second kappa shape index (κ2) is 17.2. The number of likely N-dealkylation sites (tertiary alicyclic amines) is 1. The number of carbonyl (C=O) groups excluding carboxylic acids is 1. The molecule has 1 aliphatic rings. The van der Waals surface area contributed by atoms with E-state index in [-0.39, 0.29) is 5.91 Å². The number of furan rings is 2. The number of aromatic amines is 4. The number of benzene rings is 3. The lowest BCUT2D eigenvalue weighted by Crippen LogP contribution is -2.31. The molecule has 0 radical (unpaired) electrons. The molecule has 0 unspecified atom stereocenters. The molecule has 352 valence electrons. The zero-order valence-electron chi connectivity index (χ0n) is 38.8. The summed E-state index contributed by atoms with van der Waals surface area (Å²) in [7, 11) is 0. The highest BCUT2D eigenvalue weighted by Gasteiger charge is 2.26. The van der Waals surface area contributed by atoms with Crippen molar-refractivity contribution in [3.63, 3.8) is 0 Å². The standard InChI is InChI=1S/C56H40N14O3/c71-56(33-8-2-1-3-9-33)60-40-19-36(25-58-27-40)38-21-44-51(54-62-45-12-6-10-41(48(45)63-54)34-14-17-72-30-34)66-68-55(44)70(29-38)47-22-39(31-73-47)42-11-7-13-46-49(42)64-53(61-46)50-43-20-37(26-59-52(43)67-65-50)35-18-32(23-57-24-35)28-69-15-4-5-16-69/h1-3,6-14,17-27,29-31H,4-5,15-16,28H2,(H4,59,60,61,62,63,64,65,66,67,71)/p+1. The van der Waals surface area contributed by atoms with E-state index in [1.54, 1.807) is 43.3 Å². The van der Waals surface area contributed by atoms with Gasteiger partial charge in [-0.05, 0) is 86.1 Å². The van der Waals surface area contributed by atoms with Crippen LogP contribution in [0.5, 0.6) is 0 Å². The summed E-state index contributed by atoms with van der Waals surface area (Å²) in [6.45, 7) is 3.12. The third-order valence-electron chi connectivity index (χ3n) is 13.5.